The molecule has 2 aromatic carbocycles. The van der Waals surface area contributed by atoms with Crippen LogP contribution < -0.4 is 5.32 Å². The number of fused-ring (bicyclic) bond motifs is 1. The Kier molecular flexibility index (Phi) is 6.54. The van der Waals surface area contributed by atoms with E-state index in [-0.39, 0.29) is 23.8 Å². The Morgan fingerprint density at radius 2 is 1.84 bits per heavy atom. The minimum Gasteiger partial charge on any atom is -0.463 e. The number of carbonyl (C=O) groups is 3. The van der Waals surface area contributed by atoms with Crippen LogP contribution in [0.3, 0.4) is 0 Å². The Morgan fingerprint density at radius 3 is 2.59 bits per heavy atom. The van der Waals surface area contributed by atoms with E-state index in [1.54, 1.807) is 12.1 Å². The van der Waals surface area contributed by atoms with Gasteiger partial charge in [-0.1, -0.05) is 47.5 Å². The van der Waals surface area contributed by atoms with Gasteiger partial charge in [0.1, 0.15) is 11.5 Å². The maximum Gasteiger partial charge on any atom is 0.373 e. The standard InChI is InChI=1S/C27H21Cl2N3O5/c1-15-19(18-5-3-4-6-23(18)31(15)13-16-7-9-20(28)21(29)11-16)12-22-25(33)32(27(35)30-22)14-17-8-10-24(37-17)26(34)36-2/h3-12H,13-14H2,1-2H3,(H,30,35)/b22-12-. The van der Waals surface area contributed by atoms with Crippen molar-refractivity contribution >= 4 is 58.1 Å². The van der Waals surface area contributed by atoms with Crippen LogP contribution in [0, 0.1) is 6.92 Å². The summed E-state index contributed by atoms with van der Waals surface area (Å²) in [5.41, 5.74) is 3.81. The van der Waals surface area contributed by atoms with E-state index >= 15 is 0 Å². The molecule has 0 atom stereocenters. The first-order valence-corrected chi connectivity index (χ1v) is 12.1. The van der Waals surface area contributed by atoms with E-state index in [1.807, 2.05) is 43.3 Å². The number of benzene rings is 2. The van der Waals surface area contributed by atoms with Crippen LogP contribution in [0.5, 0.6) is 0 Å². The van der Waals surface area contributed by atoms with Crippen LogP contribution in [0.1, 0.15) is 33.1 Å². The Bertz CT molecular complexity index is 1600. The van der Waals surface area contributed by atoms with Crippen LogP contribution >= 0.6 is 23.2 Å². The van der Waals surface area contributed by atoms with Gasteiger partial charge in [0.2, 0.25) is 5.76 Å². The number of ether oxygens (including phenoxy) is 1. The molecule has 0 radical (unpaired) electrons. The van der Waals surface area contributed by atoms with Crippen molar-refractivity contribution in [3.8, 4) is 0 Å². The second-order valence-corrected chi connectivity index (χ2v) is 9.30. The van der Waals surface area contributed by atoms with Gasteiger partial charge in [-0.05, 0) is 48.9 Å². The third kappa shape index (κ3) is 4.61. The molecule has 0 aliphatic carbocycles. The molecule has 0 spiro atoms. The van der Waals surface area contributed by atoms with Gasteiger partial charge in [0.25, 0.3) is 5.91 Å². The zero-order valence-corrected chi connectivity index (χ0v) is 21.4. The molecular formula is C27H21Cl2N3O5. The number of rotatable bonds is 6. The van der Waals surface area contributed by atoms with E-state index < -0.39 is 17.9 Å². The molecule has 1 aliphatic heterocycles. The highest BCUT2D eigenvalue weighted by atomic mass is 35.5. The van der Waals surface area contributed by atoms with E-state index in [0.717, 1.165) is 32.6 Å². The van der Waals surface area contributed by atoms with Crippen LogP contribution in [-0.4, -0.2) is 34.5 Å². The van der Waals surface area contributed by atoms with Crippen molar-refractivity contribution < 1.29 is 23.5 Å². The van der Waals surface area contributed by atoms with Crippen LogP contribution in [0.4, 0.5) is 4.79 Å². The summed E-state index contributed by atoms with van der Waals surface area (Å²) in [6, 6.07) is 15.7. The van der Waals surface area contributed by atoms with Gasteiger partial charge in [-0.2, -0.15) is 0 Å². The number of furan rings is 1. The molecule has 1 aliphatic rings. The number of amides is 3. The first kappa shape index (κ1) is 24.7. The number of nitrogens with zero attached hydrogens (tertiary/aromatic N) is 2. The first-order valence-electron chi connectivity index (χ1n) is 11.3. The maximum atomic E-state index is 13.1. The van der Waals surface area contributed by atoms with Gasteiger partial charge >= 0.3 is 12.0 Å². The Hall–Kier alpha value is -4.01. The number of halogens is 2. The minimum absolute atomic E-state index is 0.00858. The molecule has 5 rings (SSSR count). The predicted molar refractivity (Wildman–Crippen MR) is 139 cm³/mol. The van der Waals surface area contributed by atoms with Gasteiger partial charge in [0.05, 0.1) is 23.7 Å². The zero-order valence-electron chi connectivity index (χ0n) is 19.9. The molecule has 3 amide bonds. The summed E-state index contributed by atoms with van der Waals surface area (Å²) in [5, 5.41) is 4.55. The van der Waals surface area contributed by atoms with Crippen molar-refractivity contribution in [1.29, 1.82) is 0 Å². The lowest BCUT2D eigenvalue weighted by Gasteiger charge is -2.10. The van der Waals surface area contributed by atoms with E-state index in [4.69, 9.17) is 27.6 Å². The van der Waals surface area contributed by atoms with Crippen molar-refractivity contribution in [1.82, 2.24) is 14.8 Å². The number of urea groups is 1. The van der Waals surface area contributed by atoms with Crippen molar-refractivity contribution in [2.75, 3.05) is 7.11 Å². The second kappa shape index (κ2) is 9.80. The van der Waals surface area contributed by atoms with Crippen molar-refractivity contribution in [3.05, 3.63) is 98.7 Å². The van der Waals surface area contributed by atoms with Gasteiger partial charge in [0, 0.05) is 28.7 Å². The Balaban J connectivity index is 1.46. The number of carbonyl (C=O) groups excluding carboxylic acids is 3. The topological polar surface area (TPSA) is 93.8 Å². The molecule has 1 N–H and O–H groups in total. The fourth-order valence-electron chi connectivity index (χ4n) is 4.35. The number of nitrogens with one attached hydrogen (secondary N) is 1. The summed E-state index contributed by atoms with van der Waals surface area (Å²) in [7, 11) is 1.24. The summed E-state index contributed by atoms with van der Waals surface area (Å²) in [5.74, 6) is -0.871. The monoisotopic (exact) mass is 537 g/mol. The zero-order chi connectivity index (χ0) is 26.3. The van der Waals surface area contributed by atoms with Crippen LogP contribution in [0.2, 0.25) is 10.0 Å². The molecule has 8 nitrogen and oxygen atoms in total. The third-order valence-electron chi connectivity index (χ3n) is 6.22. The summed E-state index contributed by atoms with van der Waals surface area (Å²) in [6.45, 7) is 2.37. The van der Waals surface area contributed by atoms with Crippen LogP contribution in [-0.2, 0) is 22.6 Å². The van der Waals surface area contributed by atoms with Crippen LogP contribution in [0.25, 0.3) is 17.0 Å². The fraction of sp³-hybridized carbons (Fsp3) is 0.148. The van der Waals surface area contributed by atoms with Crippen molar-refractivity contribution in [2.45, 2.75) is 20.0 Å². The molecule has 4 aromatic rings. The van der Waals surface area contributed by atoms with Crippen molar-refractivity contribution in [2.24, 2.45) is 0 Å². The number of para-hydroxylation sites is 1. The average Bonchev–Trinajstić information content (AvgIpc) is 3.54. The molecule has 3 heterocycles. The number of hydrogen-bond acceptors (Lipinski definition) is 5. The minimum atomic E-state index is -0.642. The Labute approximate surface area is 222 Å². The molecule has 2 aromatic heterocycles. The lowest BCUT2D eigenvalue weighted by atomic mass is 10.1. The number of hydrogen-bond donors (Lipinski definition) is 1. The molecule has 188 valence electrons. The smallest absolute Gasteiger partial charge is 0.373 e. The summed E-state index contributed by atoms with van der Waals surface area (Å²) >= 11 is 12.3. The quantitative estimate of drug-likeness (QED) is 0.191. The van der Waals surface area contributed by atoms with Gasteiger partial charge in [-0.15, -0.1) is 0 Å². The van der Waals surface area contributed by atoms with E-state index in [9.17, 15) is 14.4 Å². The molecule has 10 heteroatoms. The van der Waals surface area contributed by atoms with Gasteiger partial charge in [-0.25, -0.2) is 9.59 Å². The highest BCUT2D eigenvalue weighted by molar-refractivity contribution is 6.42. The molecule has 1 fully saturated rings. The van der Waals surface area contributed by atoms with E-state index in [1.165, 1.54) is 19.2 Å². The van der Waals surface area contributed by atoms with Crippen LogP contribution in [0.15, 0.2) is 64.7 Å². The molecular weight excluding hydrogens is 517 g/mol. The fourth-order valence-corrected chi connectivity index (χ4v) is 4.67. The molecule has 1 saturated heterocycles. The summed E-state index contributed by atoms with van der Waals surface area (Å²) < 4.78 is 12.2. The van der Waals surface area contributed by atoms with Gasteiger partial charge in [0.15, 0.2) is 0 Å². The van der Waals surface area contributed by atoms with Gasteiger partial charge in [-0.3, -0.25) is 9.69 Å². The second-order valence-electron chi connectivity index (χ2n) is 8.49. The number of aromatic nitrogens is 1. The SMILES string of the molecule is COC(=O)c1ccc(CN2C(=O)N/C(=C\c3c(C)n(Cc4ccc(Cl)c(Cl)c4)c4ccccc34)C2=O)o1. The largest absolute Gasteiger partial charge is 0.463 e. The van der Waals surface area contributed by atoms with E-state index in [0.29, 0.717) is 16.6 Å². The summed E-state index contributed by atoms with van der Waals surface area (Å²) in [4.78, 5) is 38.4. The molecule has 37 heavy (non-hydrogen) atoms. The average molecular weight is 538 g/mol. The third-order valence-corrected chi connectivity index (χ3v) is 6.96. The first-order chi connectivity index (χ1) is 17.8. The van der Waals surface area contributed by atoms with Crippen molar-refractivity contribution in [3.63, 3.8) is 0 Å². The highest BCUT2D eigenvalue weighted by Gasteiger charge is 2.35. The highest BCUT2D eigenvalue weighted by Crippen LogP contribution is 2.31. The molecule has 0 bridgehead atoms. The normalized spacial score (nSPS) is 14.6. The predicted octanol–water partition coefficient (Wildman–Crippen LogP) is 5.78. The van der Waals surface area contributed by atoms with Gasteiger partial charge < -0.3 is 19.0 Å². The maximum absolute atomic E-state index is 13.1. The molecule has 0 saturated carbocycles. The number of methoxy groups -OCH3 is 1. The lowest BCUT2D eigenvalue weighted by molar-refractivity contribution is -0.123. The number of esters is 1. The Morgan fingerprint density at radius 1 is 1.05 bits per heavy atom. The number of imide groups is 1. The summed E-state index contributed by atoms with van der Waals surface area (Å²) in [6.07, 6.45) is 1.69. The van der Waals surface area contributed by atoms with E-state index in [2.05, 4.69) is 14.6 Å². The lowest BCUT2D eigenvalue weighted by Crippen LogP contribution is -2.30. The molecule has 0 unspecified atom stereocenters.